The Labute approximate surface area is 130 Å². The van der Waals surface area contributed by atoms with Gasteiger partial charge in [-0.05, 0) is 54.2 Å². The summed E-state index contributed by atoms with van der Waals surface area (Å²) in [5.74, 6) is 0.467. The zero-order valence-electron chi connectivity index (χ0n) is 12.7. The van der Waals surface area contributed by atoms with Crippen LogP contribution in [-0.2, 0) is 16.0 Å². The van der Waals surface area contributed by atoms with Crippen LogP contribution in [0.2, 0.25) is 0 Å². The Balaban J connectivity index is 1.53. The van der Waals surface area contributed by atoms with Crippen LogP contribution in [0.1, 0.15) is 25.3 Å². The highest BCUT2D eigenvalue weighted by atomic mass is 16.2. The summed E-state index contributed by atoms with van der Waals surface area (Å²) in [6.07, 6.45) is 7.77. The van der Waals surface area contributed by atoms with Gasteiger partial charge in [0.05, 0.1) is 17.5 Å². The largest absolute Gasteiger partial charge is 0.274 e. The second-order valence-electron chi connectivity index (χ2n) is 7.25. The molecule has 1 saturated heterocycles. The van der Waals surface area contributed by atoms with E-state index in [0.717, 1.165) is 12.1 Å². The Morgan fingerprint density at radius 1 is 1.00 bits per heavy atom. The molecule has 1 aromatic rings. The third-order valence-electron chi connectivity index (χ3n) is 6.46. The lowest BCUT2D eigenvalue weighted by molar-refractivity contribution is -0.123. The molecule has 0 N–H and O–H groups in total. The third-order valence-corrected chi connectivity index (χ3v) is 6.46. The Morgan fingerprint density at radius 3 is 2.00 bits per heavy atom. The number of nitrogens with zero attached hydrogens (tertiary/aromatic N) is 1. The third kappa shape index (κ3) is 1.29. The van der Waals surface area contributed by atoms with Crippen molar-refractivity contribution in [2.45, 2.75) is 26.2 Å². The van der Waals surface area contributed by atoms with Gasteiger partial charge in [0, 0.05) is 0 Å². The summed E-state index contributed by atoms with van der Waals surface area (Å²) in [4.78, 5) is 27.3. The fourth-order valence-electron chi connectivity index (χ4n) is 5.21. The molecule has 3 fully saturated rings. The topological polar surface area (TPSA) is 37.4 Å². The van der Waals surface area contributed by atoms with Gasteiger partial charge in [-0.2, -0.15) is 0 Å². The maximum absolute atomic E-state index is 12.9. The number of anilines is 1. The predicted octanol–water partition coefficient (Wildman–Crippen LogP) is 2.95. The number of amides is 2. The van der Waals surface area contributed by atoms with Gasteiger partial charge >= 0.3 is 0 Å². The molecule has 1 aromatic carbocycles. The van der Waals surface area contributed by atoms with Gasteiger partial charge in [-0.25, -0.2) is 0 Å². The van der Waals surface area contributed by atoms with Gasteiger partial charge in [0.15, 0.2) is 0 Å². The zero-order chi connectivity index (χ0) is 15.1. The minimum Gasteiger partial charge on any atom is -0.274 e. The molecule has 112 valence electrons. The van der Waals surface area contributed by atoms with Gasteiger partial charge in [0.25, 0.3) is 0 Å². The molecule has 2 bridgehead atoms. The molecule has 4 aliphatic rings. The molecule has 1 aliphatic heterocycles. The van der Waals surface area contributed by atoms with E-state index in [1.54, 1.807) is 0 Å². The number of allylic oxidation sites excluding steroid dienone is 2. The fourth-order valence-corrected chi connectivity index (χ4v) is 5.21. The summed E-state index contributed by atoms with van der Waals surface area (Å²) >= 11 is 0. The molecule has 3 heteroatoms. The molecule has 22 heavy (non-hydrogen) atoms. The van der Waals surface area contributed by atoms with Crippen LogP contribution in [-0.4, -0.2) is 11.8 Å². The van der Waals surface area contributed by atoms with E-state index in [4.69, 9.17) is 0 Å². The van der Waals surface area contributed by atoms with Crippen LogP contribution in [0.25, 0.3) is 0 Å². The van der Waals surface area contributed by atoms with Crippen LogP contribution in [0.5, 0.6) is 0 Å². The van der Waals surface area contributed by atoms with Crippen LogP contribution in [0.4, 0.5) is 5.69 Å². The van der Waals surface area contributed by atoms with Gasteiger partial charge in [-0.15, -0.1) is 0 Å². The van der Waals surface area contributed by atoms with E-state index in [-0.39, 0.29) is 29.1 Å². The number of carbonyl (C=O) groups is 2. The standard InChI is InChI=1S/C19H19NO2/c1-2-11-3-5-12(6-4-11)20-17(21)15-13-7-8-14(16(15)18(20)22)19(13)9-10-19/h3-8,13-16H,2,9-10H2,1H3/t13-,14-,15-,16+/m1/s1. The number of benzene rings is 1. The first-order chi connectivity index (χ1) is 10.7. The first-order valence-electron chi connectivity index (χ1n) is 8.32. The first kappa shape index (κ1) is 12.6. The van der Waals surface area contributed by atoms with E-state index < -0.39 is 0 Å². The van der Waals surface area contributed by atoms with Crippen LogP contribution < -0.4 is 4.90 Å². The van der Waals surface area contributed by atoms with Crippen molar-refractivity contribution in [3.05, 3.63) is 42.0 Å². The Morgan fingerprint density at radius 2 is 1.55 bits per heavy atom. The zero-order valence-corrected chi connectivity index (χ0v) is 12.7. The van der Waals surface area contributed by atoms with Crippen molar-refractivity contribution in [1.82, 2.24) is 0 Å². The van der Waals surface area contributed by atoms with Gasteiger partial charge in [0.2, 0.25) is 11.8 Å². The number of imide groups is 1. The molecule has 1 spiro atoms. The lowest BCUT2D eigenvalue weighted by atomic mass is 9.85. The number of aryl methyl sites for hydroxylation is 1. The SMILES string of the molecule is CCc1ccc(N2C(=O)[C@@H]3[C@H](C2=O)[C@H]2C=C[C@H]3C23CC3)cc1. The number of hydrogen-bond donors (Lipinski definition) is 0. The van der Waals surface area contributed by atoms with Gasteiger partial charge in [-0.1, -0.05) is 31.2 Å². The number of rotatable bonds is 2. The van der Waals surface area contributed by atoms with Crippen LogP contribution in [0, 0.1) is 29.1 Å². The molecule has 1 heterocycles. The van der Waals surface area contributed by atoms with E-state index in [1.165, 1.54) is 23.3 Å². The fraction of sp³-hybridized carbons (Fsp3) is 0.474. The lowest BCUT2D eigenvalue weighted by Gasteiger charge is -2.21. The number of carbonyl (C=O) groups excluding carboxylic acids is 2. The Bertz CT molecular complexity index is 679. The Hall–Kier alpha value is -1.90. The summed E-state index contributed by atoms with van der Waals surface area (Å²) in [7, 11) is 0. The Kier molecular flexibility index (Phi) is 2.23. The van der Waals surface area contributed by atoms with E-state index in [9.17, 15) is 9.59 Å². The highest BCUT2D eigenvalue weighted by Gasteiger charge is 2.73. The van der Waals surface area contributed by atoms with Crippen molar-refractivity contribution in [2.75, 3.05) is 4.90 Å². The van der Waals surface area contributed by atoms with Gasteiger partial charge < -0.3 is 0 Å². The van der Waals surface area contributed by atoms with Crippen molar-refractivity contribution in [1.29, 1.82) is 0 Å². The molecule has 2 amide bonds. The summed E-state index contributed by atoms with van der Waals surface area (Å²) in [5, 5.41) is 0. The molecule has 4 atom stereocenters. The molecular weight excluding hydrogens is 274 g/mol. The van der Waals surface area contributed by atoms with Crippen molar-refractivity contribution in [2.24, 2.45) is 29.1 Å². The van der Waals surface area contributed by atoms with Gasteiger partial charge in [0.1, 0.15) is 0 Å². The summed E-state index contributed by atoms with van der Waals surface area (Å²) in [6.45, 7) is 2.10. The molecule has 0 aromatic heterocycles. The average molecular weight is 293 g/mol. The normalized spacial score (nSPS) is 36.5. The van der Waals surface area contributed by atoms with Crippen molar-refractivity contribution in [3.63, 3.8) is 0 Å². The number of hydrogen-bond acceptors (Lipinski definition) is 2. The minimum absolute atomic E-state index is 0.0300. The molecular formula is C19H19NO2. The van der Waals surface area contributed by atoms with E-state index >= 15 is 0 Å². The van der Waals surface area contributed by atoms with Crippen molar-refractivity contribution >= 4 is 17.5 Å². The smallest absolute Gasteiger partial charge is 0.238 e. The van der Waals surface area contributed by atoms with E-state index in [2.05, 4.69) is 19.1 Å². The monoisotopic (exact) mass is 293 g/mol. The van der Waals surface area contributed by atoms with Crippen molar-refractivity contribution in [3.8, 4) is 0 Å². The highest BCUT2D eigenvalue weighted by Crippen LogP contribution is 2.73. The summed E-state index contributed by atoms with van der Waals surface area (Å²) in [5.41, 5.74) is 2.24. The predicted molar refractivity (Wildman–Crippen MR) is 83.1 cm³/mol. The molecule has 3 nitrogen and oxygen atoms in total. The maximum Gasteiger partial charge on any atom is 0.238 e. The lowest BCUT2D eigenvalue weighted by Crippen LogP contribution is -2.34. The average Bonchev–Trinajstić information content (AvgIpc) is 3.13. The molecule has 0 radical (unpaired) electrons. The van der Waals surface area contributed by atoms with Crippen LogP contribution in [0.15, 0.2) is 36.4 Å². The van der Waals surface area contributed by atoms with Crippen molar-refractivity contribution < 1.29 is 9.59 Å². The first-order valence-corrected chi connectivity index (χ1v) is 8.32. The van der Waals surface area contributed by atoms with Crippen LogP contribution >= 0.6 is 0 Å². The molecule has 5 rings (SSSR count). The number of fused-ring (bicyclic) bond motifs is 3. The summed E-state index contributed by atoms with van der Waals surface area (Å²) < 4.78 is 0. The minimum atomic E-state index is -0.101. The molecule has 0 unspecified atom stereocenters. The molecule has 3 aliphatic carbocycles. The maximum atomic E-state index is 12.9. The van der Waals surface area contributed by atoms with E-state index in [0.29, 0.717) is 11.8 Å². The second-order valence-corrected chi connectivity index (χ2v) is 7.25. The van der Waals surface area contributed by atoms with E-state index in [1.807, 2.05) is 24.3 Å². The summed E-state index contributed by atoms with van der Waals surface area (Å²) in [6, 6.07) is 7.86. The highest BCUT2D eigenvalue weighted by molar-refractivity contribution is 6.23. The quantitative estimate of drug-likeness (QED) is 0.621. The second kappa shape index (κ2) is 3.89. The van der Waals surface area contributed by atoms with Gasteiger partial charge in [-0.3, -0.25) is 14.5 Å². The molecule has 2 saturated carbocycles. The van der Waals surface area contributed by atoms with Crippen LogP contribution in [0.3, 0.4) is 0 Å².